The van der Waals surface area contributed by atoms with Gasteiger partial charge in [-0.1, -0.05) is 12.1 Å². The van der Waals surface area contributed by atoms with Crippen LogP contribution in [0.4, 0.5) is 11.8 Å². The van der Waals surface area contributed by atoms with Crippen molar-refractivity contribution in [3.05, 3.63) is 48.2 Å². The molecule has 20 heavy (non-hydrogen) atoms. The van der Waals surface area contributed by atoms with Gasteiger partial charge < -0.3 is 10.3 Å². The van der Waals surface area contributed by atoms with Gasteiger partial charge in [0.15, 0.2) is 0 Å². The monoisotopic (exact) mass is 267 g/mol. The number of benzene rings is 1. The van der Waals surface area contributed by atoms with Crippen LogP contribution in [0.5, 0.6) is 0 Å². The first-order chi connectivity index (χ1) is 9.78. The zero-order valence-electron chi connectivity index (χ0n) is 10.8. The van der Waals surface area contributed by atoms with Gasteiger partial charge in [0.1, 0.15) is 5.82 Å². The molecule has 6 heteroatoms. The SMILES string of the molecule is CNc1ncccc1C(=O)Nc1nc2ccccc2[nH]1. The number of aromatic amines is 1. The number of carbonyl (C=O) groups excluding carboxylic acids is 1. The van der Waals surface area contributed by atoms with Gasteiger partial charge in [0.05, 0.1) is 16.6 Å². The second-order valence-electron chi connectivity index (χ2n) is 4.21. The van der Waals surface area contributed by atoms with Crippen molar-refractivity contribution in [3.63, 3.8) is 0 Å². The third-order valence-electron chi connectivity index (χ3n) is 2.91. The maximum atomic E-state index is 12.2. The van der Waals surface area contributed by atoms with E-state index in [0.29, 0.717) is 17.3 Å². The molecule has 2 heterocycles. The molecule has 0 aliphatic carbocycles. The number of fused-ring (bicyclic) bond motifs is 1. The minimum absolute atomic E-state index is 0.262. The van der Waals surface area contributed by atoms with Crippen LogP contribution in [0.15, 0.2) is 42.6 Å². The van der Waals surface area contributed by atoms with Gasteiger partial charge in [-0.15, -0.1) is 0 Å². The largest absolute Gasteiger partial charge is 0.372 e. The van der Waals surface area contributed by atoms with Gasteiger partial charge in [-0.25, -0.2) is 9.97 Å². The number of imidazole rings is 1. The highest BCUT2D eigenvalue weighted by atomic mass is 16.1. The smallest absolute Gasteiger partial charge is 0.261 e. The Labute approximate surface area is 115 Å². The molecule has 3 rings (SSSR count). The van der Waals surface area contributed by atoms with Gasteiger partial charge in [0.2, 0.25) is 5.95 Å². The fraction of sp³-hybridized carbons (Fsp3) is 0.0714. The van der Waals surface area contributed by atoms with E-state index in [-0.39, 0.29) is 5.91 Å². The van der Waals surface area contributed by atoms with Gasteiger partial charge >= 0.3 is 0 Å². The topological polar surface area (TPSA) is 82.7 Å². The predicted octanol–water partition coefficient (Wildman–Crippen LogP) is 2.25. The van der Waals surface area contributed by atoms with E-state index in [2.05, 4.69) is 25.6 Å². The lowest BCUT2D eigenvalue weighted by atomic mass is 10.2. The molecule has 3 aromatic rings. The number of H-pyrrole nitrogens is 1. The number of hydrogen-bond acceptors (Lipinski definition) is 4. The summed E-state index contributed by atoms with van der Waals surface area (Å²) in [6.07, 6.45) is 1.63. The molecule has 1 aromatic carbocycles. The Kier molecular flexibility index (Phi) is 3.04. The van der Waals surface area contributed by atoms with Crippen molar-refractivity contribution in [1.82, 2.24) is 15.0 Å². The quantitative estimate of drug-likeness (QED) is 0.679. The van der Waals surface area contributed by atoms with E-state index in [0.717, 1.165) is 11.0 Å². The number of pyridine rings is 1. The number of rotatable bonds is 3. The van der Waals surface area contributed by atoms with Crippen molar-refractivity contribution >= 4 is 28.7 Å². The van der Waals surface area contributed by atoms with Gasteiger partial charge in [0.25, 0.3) is 5.91 Å². The number of carbonyl (C=O) groups is 1. The Balaban J connectivity index is 1.88. The molecule has 0 saturated heterocycles. The molecule has 0 bridgehead atoms. The molecule has 0 saturated carbocycles. The first kappa shape index (κ1) is 12.2. The number of hydrogen-bond donors (Lipinski definition) is 3. The molecule has 0 radical (unpaired) electrons. The minimum atomic E-state index is -0.262. The van der Waals surface area contributed by atoms with Gasteiger partial charge in [-0.2, -0.15) is 0 Å². The number of aromatic nitrogens is 3. The Bertz CT molecular complexity index is 732. The van der Waals surface area contributed by atoms with Crippen molar-refractivity contribution in [2.45, 2.75) is 0 Å². The zero-order chi connectivity index (χ0) is 13.9. The molecule has 0 spiro atoms. The third-order valence-corrected chi connectivity index (χ3v) is 2.91. The van der Waals surface area contributed by atoms with Crippen LogP contribution in [-0.4, -0.2) is 27.9 Å². The second-order valence-corrected chi connectivity index (χ2v) is 4.21. The summed E-state index contributed by atoms with van der Waals surface area (Å²) in [6.45, 7) is 0. The van der Waals surface area contributed by atoms with Crippen LogP contribution in [-0.2, 0) is 0 Å². The molecule has 3 N–H and O–H groups in total. The lowest BCUT2D eigenvalue weighted by molar-refractivity contribution is 0.102. The van der Waals surface area contributed by atoms with Crippen molar-refractivity contribution in [2.75, 3.05) is 17.7 Å². The maximum Gasteiger partial charge on any atom is 0.261 e. The van der Waals surface area contributed by atoms with Crippen LogP contribution in [0, 0.1) is 0 Å². The number of amides is 1. The Morgan fingerprint density at radius 1 is 1.20 bits per heavy atom. The first-order valence-electron chi connectivity index (χ1n) is 6.17. The fourth-order valence-electron chi connectivity index (χ4n) is 1.97. The minimum Gasteiger partial charge on any atom is -0.372 e. The van der Waals surface area contributed by atoms with E-state index >= 15 is 0 Å². The van der Waals surface area contributed by atoms with E-state index in [4.69, 9.17) is 0 Å². The van der Waals surface area contributed by atoms with Crippen LogP contribution in [0.2, 0.25) is 0 Å². The van der Waals surface area contributed by atoms with E-state index in [1.807, 2.05) is 24.3 Å². The van der Waals surface area contributed by atoms with Crippen LogP contribution >= 0.6 is 0 Å². The summed E-state index contributed by atoms with van der Waals surface area (Å²) in [5.74, 6) is 0.685. The number of nitrogens with zero attached hydrogens (tertiary/aromatic N) is 2. The van der Waals surface area contributed by atoms with E-state index in [1.165, 1.54) is 0 Å². The molecule has 1 amide bonds. The molecule has 0 unspecified atom stereocenters. The molecule has 100 valence electrons. The number of para-hydroxylation sites is 2. The summed E-state index contributed by atoms with van der Waals surface area (Å²) in [7, 11) is 1.72. The Morgan fingerprint density at radius 2 is 2.05 bits per heavy atom. The van der Waals surface area contributed by atoms with Gasteiger partial charge in [-0.05, 0) is 24.3 Å². The number of nitrogens with one attached hydrogen (secondary N) is 3. The van der Waals surface area contributed by atoms with Crippen molar-refractivity contribution < 1.29 is 4.79 Å². The van der Waals surface area contributed by atoms with E-state index in [9.17, 15) is 4.79 Å². The van der Waals surface area contributed by atoms with E-state index in [1.54, 1.807) is 25.4 Å². The molecular formula is C14H13N5O. The lowest BCUT2D eigenvalue weighted by Crippen LogP contribution is -2.15. The third kappa shape index (κ3) is 2.18. The summed E-state index contributed by atoms with van der Waals surface area (Å²) < 4.78 is 0. The Morgan fingerprint density at radius 3 is 2.85 bits per heavy atom. The summed E-state index contributed by atoms with van der Waals surface area (Å²) in [5.41, 5.74) is 2.15. The van der Waals surface area contributed by atoms with Crippen molar-refractivity contribution in [1.29, 1.82) is 0 Å². The normalized spacial score (nSPS) is 10.4. The summed E-state index contributed by atoms with van der Waals surface area (Å²) in [6, 6.07) is 11.0. The molecule has 6 nitrogen and oxygen atoms in total. The molecule has 0 atom stereocenters. The predicted molar refractivity (Wildman–Crippen MR) is 77.8 cm³/mol. The van der Waals surface area contributed by atoms with Crippen LogP contribution < -0.4 is 10.6 Å². The summed E-state index contributed by atoms with van der Waals surface area (Å²) in [4.78, 5) is 23.7. The van der Waals surface area contributed by atoms with Gasteiger partial charge in [0, 0.05) is 13.2 Å². The second kappa shape index (κ2) is 5.00. The molecule has 0 aliphatic rings. The molecule has 0 fully saturated rings. The summed E-state index contributed by atoms with van der Waals surface area (Å²) in [5, 5.41) is 5.62. The zero-order valence-corrected chi connectivity index (χ0v) is 10.8. The highest BCUT2D eigenvalue weighted by Gasteiger charge is 2.13. The van der Waals surface area contributed by atoms with E-state index < -0.39 is 0 Å². The standard InChI is InChI=1S/C14H13N5O/c1-15-12-9(5-4-8-16-12)13(20)19-14-17-10-6-2-3-7-11(10)18-14/h2-8H,1H3,(H,15,16)(H2,17,18,19,20). The average molecular weight is 267 g/mol. The Hall–Kier alpha value is -2.89. The van der Waals surface area contributed by atoms with Crippen molar-refractivity contribution in [3.8, 4) is 0 Å². The fourth-order valence-corrected chi connectivity index (χ4v) is 1.97. The van der Waals surface area contributed by atoms with Gasteiger partial charge in [-0.3, -0.25) is 10.1 Å². The maximum absolute atomic E-state index is 12.2. The first-order valence-corrected chi connectivity index (χ1v) is 6.17. The highest BCUT2D eigenvalue weighted by Crippen LogP contribution is 2.16. The van der Waals surface area contributed by atoms with Crippen LogP contribution in [0.1, 0.15) is 10.4 Å². The summed E-state index contributed by atoms with van der Waals surface area (Å²) >= 11 is 0. The highest BCUT2D eigenvalue weighted by molar-refractivity contribution is 6.07. The lowest BCUT2D eigenvalue weighted by Gasteiger charge is -2.06. The molecule has 2 aromatic heterocycles. The van der Waals surface area contributed by atoms with Crippen LogP contribution in [0.3, 0.4) is 0 Å². The van der Waals surface area contributed by atoms with Crippen LogP contribution in [0.25, 0.3) is 11.0 Å². The van der Waals surface area contributed by atoms with Crippen molar-refractivity contribution in [2.24, 2.45) is 0 Å². The average Bonchev–Trinajstić information content (AvgIpc) is 2.89. The molecular weight excluding hydrogens is 254 g/mol. The molecule has 0 aliphatic heterocycles. The number of anilines is 2.